The predicted octanol–water partition coefficient (Wildman–Crippen LogP) is 1.50. The van der Waals surface area contributed by atoms with Gasteiger partial charge in [-0.3, -0.25) is 4.79 Å². The number of hydrogen-bond acceptors (Lipinski definition) is 4. The Labute approximate surface area is 159 Å². The van der Waals surface area contributed by atoms with Crippen molar-refractivity contribution in [1.29, 1.82) is 0 Å². The maximum atomic E-state index is 13.0. The number of nitrogens with one attached hydrogen (secondary N) is 1. The van der Waals surface area contributed by atoms with Gasteiger partial charge in [-0.2, -0.15) is 4.31 Å². The third kappa shape index (κ3) is 4.73. The Morgan fingerprint density at radius 2 is 1.92 bits per heavy atom. The van der Waals surface area contributed by atoms with Gasteiger partial charge in [0.05, 0.1) is 10.8 Å². The molecule has 0 radical (unpaired) electrons. The number of hydrogen-bond donors (Lipinski definition) is 2. The van der Waals surface area contributed by atoms with Gasteiger partial charge in [0.15, 0.2) is 0 Å². The van der Waals surface area contributed by atoms with Gasteiger partial charge in [-0.15, -0.1) is 12.4 Å². The van der Waals surface area contributed by atoms with Gasteiger partial charge in [0.25, 0.3) is 0 Å². The van der Waals surface area contributed by atoms with E-state index in [0.29, 0.717) is 31.8 Å². The predicted molar refractivity (Wildman–Crippen MR) is 98.8 cm³/mol. The lowest BCUT2D eigenvalue weighted by Gasteiger charge is -2.32. The fourth-order valence-electron chi connectivity index (χ4n) is 3.30. The molecule has 1 amide bonds. The topological polar surface area (TPSA) is 92.5 Å². The summed E-state index contributed by atoms with van der Waals surface area (Å²) in [5.74, 6) is -0.530. The van der Waals surface area contributed by atoms with Crippen LogP contribution >= 0.6 is 12.4 Å². The van der Waals surface area contributed by atoms with Crippen LogP contribution in [0.15, 0.2) is 29.2 Å². The molecule has 6 nitrogen and oxygen atoms in total. The van der Waals surface area contributed by atoms with E-state index < -0.39 is 15.8 Å². The van der Waals surface area contributed by atoms with Crippen molar-refractivity contribution in [1.82, 2.24) is 9.62 Å². The minimum absolute atomic E-state index is 0. The molecule has 1 saturated carbocycles. The highest BCUT2D eigenvalue weighted by molar-refractivity contribution is 7.89. The van der Waals surface area contributed by atoms with Crippen LogP contribution in [-0.2, 0) is 14.8 Å². The zero-order valence-corrected chi connectivity index (χ0v) is 16.1. The van der Waals surface area contributed by atoms with E-state index in [4.69, 9.17) is 5.73 Å². The molecule has 2 fully saturated rings. The van der Waals surface area contributed by atoms with Gasteiger partial charge in [-0.1, -0.05) is 0 Å². The van der Waals surface area contributed by atoms with E-state index in [1.54, 1.807) is 0 Å². The van der Waals surface area contributed by atoms with Crippen LogP contribution in [0.5, 0.6) is 0 Å². The minimum Gasteiger partial charge on any atom is -0.352 e. The SMILES string of the molecule is Cl.NCC(NC(=O)C1CCCN(S(=O)(=O)c2ccc(F)cc2)C1)C1CC1. The monoisotopic (exact) mass is 405 g/mol. The zero-order chi connectivity index (χ0) is 18.0. The molecule has 1 aliphatic carbocycles. The summed E-state index contributed by atoms with van der Waals surface area (Å²) in [6.45, 7) is 0.917. The van der Waals surface area contributed by atoms with Gasteiger partial charge in [-0.05, 0) is 55.9 Å². The van der Waals surface area contributed by atoms with Crippen LogP contribution in [0.1, 0.15) is 25.7 Å². The van der Waals surface area contributed by atoms with Gasteiger partial charge < -0.3 is 11.1 Å². The molecule has 1 saturated heterocycles. The summed E-state index contributed by atoms with van der Waals surface area (Å²) in [6, 6.07) is 4.75. The second-order valence-electron chi connectivity index (χ2n) is 6.84. The first-order chi connectivity index (χ1) is 11.9. The van der Waals surface area contributed by atoms with Gasteiger partial charge in [-0.25, -0.2) is 12.8 Å². The first-order valence-corrected chi connectivity index (χ1v) is 10.1. The van der Waals surface area contributed by atoms with Crippen LogP contribution in [0.4, 0.5) is 4.39 Å². The van der Waals surface area contributed by atoms with E-state index in [0.717, 1.165) is 25.0 Å². The molecule has 26 heavy (non-hydrogen) atoms. The van der Waals surface area contributed by atoms with Gasteiger partial charge in [0.2, 0.25) is 15.9 Å². The molecule has 1 aliphatic heterocycles. The molecular weight excluding hydrogens is 381 g/mol. The van der Waals surface area contributed by atoms with Crippen LogP contribution in [0.25, 0.3) is 0 Å². The number of piperidine rings is 1. The third-order valence-electron chi connectivity index (χ3n) is 4.98. The molecule has 3 rings (SSSR count). The summed E-state index contributed by atoms with van der Waals surface area (Å²) < 4.78 is 39.8. The highest BCUT2D eigenvalue weighted by Crippen LogP contribution is 2.32. The summed E-state index contributed by atoms with van der Waals surface area (Å²) in [5, 5.41) is 2.98. The van der Waals surface area contributed by atoms with Crippen molar-refractivity contribution in [2.24, 2.45) is 17.6 Å². The Kier molecular flexibility index (Phi) is 7.01. The average Bonchev–Trinajstić information content (AvgIpc) is 3.45. The quantitative estimate of drug-likeness (QED) is 0.750. The van der Waals surface area contributed by atoms with Crippen molar-refractivity contribution < 1.29 is 17.6 Å². The molecule has 9 heteroatoms. The molecule has 1 aromatic rings. The Morgan fingerprint density at radius 3 is 2.50 bits per heavy atom. The molecule has 0 spiro atoms. The summed E-state index contributed by atoms with van der Waals surface area (Å²) >= 11 is 0. The van der Waals surface area contributed by atoms with E-state index in [9.17, 15) is 17.6 Å². The largest absolute Gasteiger partial charge is 0.352 e. The molecule has 2 unspecified atom stereocenters. The average molecular weight is 406 g/mol. The van der Waals surface area contributed by atoms with Crippen LogP contribution < -0.4 is 11.1 Å². The van der Waals surface area contributed by atoms with Crippen molar-refractivity contribution in [3.05, 3.63) is 30.1 Å². The lowest BCUT2D eigenvalue weighted by molar-refractivity contribution is -0.126. The molecular formula is C17H25ClFN3O3S. The maximum Gasteiger partial charge on any atom is 0.243 e. The van der Waals surface area contributed by atoms with Crippen molar-refractivity contribution >= 4 is 28.3 Å². The number of halogens is 2. The van der Waals surface area contributed by atoms with E-state index in [1.165, 1.54) is 16.4 Å². The number of benzene rings is 1. The highest BCUT2D eigenvalue weighted by Gasteiger charge is 2.36. The maximum absolute atomic E-state index is 13.0. The van der Waals surface area contributed by atoms with Gasteiger partial charge >= 0.3 is 0 Å². The number of amides is 1. The van der Waals surface area contributed by atoms with Crippen molar-refractivity contribution in [2.75, 3.05) is 19.6 Å². The lowest BCUT2D eigenvalue weighted by Crippen LogP contribution is -2.49. The fraction of sp³-hybridized carbons (Fsp3) is 0.588. The van der Waals surface area contributed by atoms with Gasteiger partial charge in [0.1, 0.15) is 5.82 Å². The standard InChI is InChI=1S/C17H24FN3O3S.ClH/c18-14-5-7-15(8-6-14)25(23,24)21-9-1-2-13(11-21)17(22)20-16(10-19)12-3-4-12;/h5-8,12-13,16H,1-4,9-11,19H2,(H,20,22);1H. The van der Waals surface area contributed by atoms with E-state index in [1.807, 2.05) is 0 Å². The number of rotatable bonds is 6. The number of nitrogens with zero attached hydrogens (tertiary/aromatic N) is 1. The molecule has 0 aromatic heterocycles. The molecule has 2 atom stereocenters. The minimum atomic E-state index is -3.72. The van der Waals surface area contributed by atoms with Crippen molar-refractivity contribution in [3.8, 4) is 0 Å². The summed E-state index contributed by atoms with van der Waals surface area (Å²) in [4.78, 5) is 12.6. The Hall–Kier alpha value is -1.22. The third-order valence-corrected chi connectivity index (χ3v) is 6.86. The van der Waals surface area contributed by atoms with Crippen LogP contribution in [0, 0.1) is 17.7 Å². The summed E-state index contributed by atoms with van der Waals surface area (Å²) in [5.41, 5.74) is 5.72. The Morgan fingerprint density at radius 1 is 1.27 bits per heavy atom. The van der Waals surface area contributed by atoms with Crippen LogP contribution in [0.3, 0.4) is 0 Å². The number of carbonyl (C=O) groups excluding carboxylic acids is 1. The Balaban J connectivity index is 0.00000243. The van der Waals surface area contributed by atoms with Crippen molar-refractivity contribution in [3.63, 3.8) is 0 Å². The lowest BCUT2D eigenvalue weighted by atomic mass is 9.98. The Bertz CT molecular complexity index is 725. The summed E-state index contributed by atoms with van der Waals surface area (Å²) in [6.07, 6.45) is 3.44. The second-order valence-corrected chi connectivity index (χ2v) is 8.78. The van der Waals surface area contributed by atoms with Crippen LogP contribution in [0.2, 0.25) is 0 Å². The van der Waals surface area contributed by atoms with Crippen LogP contribution in [-0.4, -0.2) is 44.3 Å². The molecule has 3 N–H and O–H groups in total. The smallest absolute Gasteiger partial charge is 0.243 e. The van der Waals surface area contributed by atoms with Crippen molar-refractivity contribution in [2.45, 2.75) is 36.6 Å². The first-order valence-electron chi connectivity index (χ1n) is 8.68. The van der Waals surface area contributed by atoms with E-state index in [2.05, 4.69) is 5.32 Å². The molecule has 146 valence electrons. The zero-order valence-electron chi connectivity index (χ0n) is 14.4. The fourth-order valence-corrected chi connectivity index (χ4v) is 4.82. The molecule has 0 bridgehead atoms. The highest BCUT2D eigenvalue weighted by atomic mass is 35.5. The van der Waals surface area contributed by atoms with Gasteiger partial charge in [0, 0.05) is 25.7 Å². The normalized spacial score (nSPS) is 22.3. The number of sulfonamides is 1. The first kappa shape index (κ1) is 21.1. The number of nitrogens with two attached hydrogens (primary N) is 1. The molecule has 1 heterocycles. The second kappa shape index (κ2) is 8.65. The number of carbonyl (C=O) groups is 1. The van der Waals surface area contributed by atoms with E-state index >= 15 is 0 Å². The molecule has 2 aliphatic rings. The molecule has 1 aromatic carbocycles. The van der Waals surface area contributed by atoms with E-state index in [-0.39, 0.29) is 41.7 Å². The summed E-state index contributed by atoms with van der Waals surface area (Å²) in [7, 11) is -3.72.